The minimum atomic E-state index is -3.35. The van der Waals surface area contributed by atoms with Gasteiger partial charge in [0.1, 0.15) is 0 Å². The van der Waals surface area contributed by atoms with Crippen molar-refractivity contribution in [2.75, 3.05) is 19.6 Å². The molecule has 18 heavy (non-hydrogen) atoms. The van der Waals surface area contributed by atoms with E-state index in [4.69, 9.17) is 5.73 Å². The Morgan fingerprint density at radius 2 is 1.83 bits per heavy atom. The molecule has 0 amide bonds. The lowest BCUT2D eigenvalue weighted by Crippen LogP contribution is -2.53. The SMILES string of the molecule is CC1CCCN(S(=O)(=O)N2CCCCCC2N)C1. The molecule has 0 aromatic rings. The van der Waals surface area contributed by atoms with E-state index in [2.05, 4.69) is 6.92 Å². The Morgan fingerprint density at radius 3 is 2.56 bits per heavy atom. The molecule has 0 aliphatic carbocycles. The maximum absolute atomic E-state index is 12.6. The Kier molecular flexibility index (Phi) is 4.64. The van der Waals surface area contributed by atoms with Gasteiger partial charge in [0.15, 0.2) is 0 Å². The lowest BCUT2D eigenvalue weighted by atomic mass is 10.0. The smallest absolute Gasteiger partial charge is 0.283 e. The quantitative estimate of drug-likeness (QED) is 0.821. The molecule has 0 saturated carbocycles. The van der Waals surface area contributed by atoms with Gasteiger partial charge in [-0.1, -0.05) is 19.8 Å². The van der Waals surface area contributed by atoms with Crippen molar-refractivity contribution in [1.82, 2.24) is 8.61 Å². The van der Waals surface area contributed by atoms with E-state index in [0.29, 0.717) is 25.6 Å². The molecule has 0 radical (unpaired) electrons. The van der Waals surface area contributed by atoms with Crippen LogP contribution >= 0.6 is 0 Å². The molecule has 2 heterocycles. The fourth-order valence-corrected chi connectivity index (χ4v) is 4.81. The summed E-state index contributed by atoms with van der Waals surface area (Å²) in [5.41, 5.74) is 6.03. The number of rotatable bonds is 2. The molecule has 2 atom stereocenters. The third kappa shape index (κ3) is 3.04. The van der Waals surface area contributed by atoms with Crippen molar-refractivity contribution < 1.29 is 8.42 Å². The number of piperidine rings is 1. The first-order valence-corrected chi connectivity index (χ1v) is 8.44. The van der Waals surface area contributed by atoms with E-state index < -0.39 is 10.2 Å². The van der Waals surface area contributed by atoms with Gasteiger partial charge in [0.05, 0.1) is 6.17 Å². The van der Waals surface area contributed by atoms with Crippen LogP contribution in [0, 0.1) is 5.92 Å². The van der Waals surface area contributed by atoms with Gasteiger partial charge in [-0.15, -0.1) is 0 Å². The fraction of sp³-hybridized carbons (Fsp3) is 1.00. The van der Waals surface area contributed by atoms with Gasteiger partial charge in [-0.05, 0) is 31.6 Å². The highest BCUT2D eigenvalue weighted by Gasteiger charge is 2.35. The van der Waals surface area contributed by atoms with E-state index in [1.165, 1.54) is 4.31 Å². The van der Waals surface area contributed by atoms with E-state index in [-0.39, 0.29) is 6.17 Å². The fourth-order valence-electron chi connectivity index (χ4n) is 2.90. The third-order valence-electron chi connectivity index (χ3n) is 3.99. The van der Waals surface area contributed by atoms with Crippen LogP contribution < -0.4 is 5.73 Å². The molecule has 5 nitrogen and oxygen atoms in total. The van der Waals surface area contributed by atoms with Crippen molar-refractivity contribution in [3.05, 3.63) is 0 Å². The zero-order chi connectivity index (χ0) is 13.2. The lowest BCUT2D eigenvalue weighted by molar-refractivity contribution is 0.241. The Morgan fingerprint density at radius 1 is 1.06 bits per heavy atom. The average molecular weight is 275 g/mol. The summed E-state index contributed by atoms with van der Waals surface area (Å²) in [5, 5.41) is 0. The maximum Gasteiger partial charge on any atom is 0.283 e. The molecule has 2 rings (SSSR count). The van der Waals surface area contributed by atoms with Crippen LogP contribution in [0.25, 0.3) is 0 Å². The molecular weight excluding hydrogens is 250 g/mol. The monoisotopic (exact) mass is 275 g/mol. The summed E-state index contributed by atoms with van der Waals surface area (Å²) in [5.74, 6) is 0.455. The second-order valence-electron chi connectivity index (χ2n) is 5.64. The van der Waals surface area contributed by atoms with Crippen LogP contribution in [-0.4, -0.2) is 42.8 Å². The van der Waals surface area contributed by atoms with Crippen LogP contribution in [0.3, 0.4) is 0 Å². The normalized spacial score (nSPS) is 33.2. The molecule has 0 spiro atoms. The highest BCUT2D eigenvalue weighted by atomic mass is 32.2. The van der Waals surface area contributed by atoms with Gasteiger partial charge in [-0.25, -0.2) is 0 Å². The lowest BCUT2D eigenvalue weighted by Gasteiger charge is -2.36. The van der Waals surface area contributed by atoms with Crippen molar-refractivity contribution in [3.63, 3.8) is 0 Å². The van der Waals surface area contributed by atoms with Gasteiger partial charge in [0.2, 0.25) is 0 Å². The number of nitrogens with two attached hydrogens (primary N) is 1. The Bertz CT molecular complexity index is 372. The first-order chi connectivity index (χ1) is 8.51. The average Bonchev–Trinajstić information content (AvgIpc) is 2.54. The van der Waals surface area contributed by atoms with Crippen LogP contribution in [-0.2, 0) is 10.2 Å². The highest BCUT2D eigenvalue weighted by molar-refractivity contribution is 7.86. The molecule has 0 bridgehead atoms. The molecule has 0 aromatic heterocycles. The van der Waals surface area contributed by atoms with Gasteiger partial charge in [-0.3, -0.25) is 0 Å². The molecule has 2 N–H and O–H groups in total. The molecule has 2 unspecified atom stereocenters. The topological polar surface area (TPSA) is 66.6 Å². The second kappa shape index (κ2) is 5.86. The summed E-state index contributed by atoms with van der Waals surface area (Å²) in [4.78, 5) is 0. The third-order valence-corrected chi connectivity index (χ3v) is 6.02. The molecule has 6 heteroatoms. The summed E-state index contributed by atoms with van der Waals surface area (Å²) < 4.78 is 28.4. The van der Waals surface area contributed by atoms with Crippen LogP contribution in [0.15, 0.2) is 0 Å². The van der Waals surface area contributed by atoms with Crippen molar-refractivity contribution in [3.8, 4) is 0 Å². The molecule has 106 valence electrons. The zero-order valence-electron chi connectivity index (χ0n) is 11.2. The first kappa shape index (κ1) is 14.2. The molecule has 2 saturated heterocycles. The van der Waals surface area contributed by atoms with Crippen molar-refractivity contribution in [2.45, 2.75) is 51.6 Å². The van der Waals surface area contributed by atoms with Gasteiger partial charge >= 0.3 is 0 Å². The zero-order valence-corrected chi connectivity index (χ0v) is 12.0. The molecule has 0 aromatic carbocycles. The van der Waals surface area contributed by atoms with Gasteiger partial charge in [0.25, 0.3) is 10.2 Å². The minimum absolute atomic E-state index is 0.338. The van der Waals surface area contributed by atoms with Gasteiger partial charge in [0, 0.05) is 19.6 Å². The summed E-state index contributed by atoms with van der Waals surface area (Å²) in [6, 6.07) is 0. The molecule has 2 fully saturated rings. The van der Waals surface area contributed by atoms with Gasteiger partial charge in [-0.2, -0.15) is 17.0 Å². The van der Waals surface area contributed by atoms with E-state index in [0.717, 1.165) is 38.5 Å². The Hall–Kier alpha value is -0.170. The standard InChI is InChI=1S/C12H25N3O2S/c1-11-6-5-8-14(10-11)18(16,17)15-9-4-2-3-7-12(15)13/h11-12H,2-10,13H2,1H3. The van der Waals surface area contributed by atoms with Crippen LogP contribution in [0.5, 0.6) is 0 Å². The second-order valence-corrected chi connectivity index (χ2v) is 7.52. The van der Waals surface area contributed by atoms with E-state index in [9.17, 15) is 8.42 Å². The summed E-state index contributed by atoms with van der Waals surface area (Å²) in [6.45, 7) is 3.99. The number of hydrogen-bond donors (Lipinski definition) is 1. The van der Waals surface area contributed by atoms with E-state index in [1.54, 1.807) is 4.31 Å². The Labute approximate surface area is 110 Å². The van der Waals surface area contributed by atoms with Crippen LogP contribution in [0.2, 0.25) is 0 Å². The largest absolute Gasteiger partial charge is 0.315 e. The van der Waals surface area contributed by atoms with Crippen LogP contribution in [0.4, 0.5) is 0 Å². The van der Waals surface area contributed by atoms with E-state index >= 15 is 0 Å². The predicted molar refractivity (Wildman–Crippen MR) is 72.0 cm³/mol. The van der Waals surface area contributed by atoms with Gasteiger partial charge < -0.3 is 5.73 Å². The summed E-state index contributed by atoms with van der Waals surface area (Å²) >= 11 is 0. The maximum atomic E-state index is 12.6. The predicted octanol–water partition coefficient (Wildman–Crippen LogP) is 1.12. The summed E-state index contributed by atoms with van der Waals surface area (Å²) in [7, 11) is -3.35. The summed E-state index contributed by atoms with van der Waals surface area (Å²) in [6.07, 6.45) is 5.56. The molecule has 2 aliphatic rings. The minimum Gasteiger partial charge on any atom is -0.315 e. The number of nitrogens with zero attached hydrogens (tertiary/aromatic N) is 2. The van der Waals surface area contributed by atoms with Crippen molar-refractivity contribution in [2.24, 2.45) is 11.7 Å². The number of hydrogen-bond acceptors (Lipinski definition) is 3. The molecule has 2 aliphatic heterocycles. The first-order valence-electron chi connectivity index (χ1n) is 7.04. The molecular formula is C12H25N3O2S. The Balaban J connectivity index is 2.12. The van der Waals surface area contributed by atoms with Crippen molar-refractivity contribution in [1.29, 1.82) is 0 Å². The van der Waals surface area contributed by atoms with Crippen LogP contribution in [0.1, 0.15) is 45.4 Å². The highest BCUT2D eigenvalue weighted by Crippen LogP contribution is 2.24. The van der Waals surface area contributed by atoms with E-state index in [1.807, 2.05) is 0 Å². The van der Waals surface area contributed by atoms with Crippen molar-refractivity contribution >= 4 is 10.2 Å².